The third-order valence-corrected chi connectivity index (χ3v) is 5.72. The number of likely N-dealkylation sites (tertiary alicyclic amines) is 1. The Balaban J connectivity index is 1.89. The second kappa shape index (κ2) is 9.42. The molecular weight excluding hydrogens is 368 g/mol. The lowest BCUT2D eigenvalue weighted by Crippen LogP contribution is -2.54. The average molecular weight is 394 g/mol. The number of ether oxygens (including phenoxy) is 2. The predicted octanol–water partition coefficient (Wildman–Crippen LogP) is 3.95. The number of hydrogen-bond donors (Lipinski definition) is 0. The summed E-state index contributed by atoms with van der Waals surface area (Å²) >= 11 is 0. The Bertz CT molecular complexity index is 853. The summed E-state index contributed by atoms with van der Waals surface area (Å²) in [5, 5.41) is 9.29. The van der Waals surface area contributed by atoms with Crippen LogP contribution in [0.1, 0.15) is 31.7 Å². The Hall–Kier alpha value is -3.07. The molecule has 1 heterocycles. The van der Waals surface area contributed by atoms with Crippen LogP contribution in [0.3, 0.4) is 0 Å². The Morgan fingerprint density at radius 3 is 2.72 bits per heavy atom. The zero-order valence-electron chi connectivity index (χ0n) is 16.8. The highest BCUT2D eigenvalue weighted by atomic mass is 16.6. The molecule has 6 heteroatoms. The lowest BCUT2D eigenvalue weighted by atomic mass is 9.72. The molecule has 0 bridgehead atoms. The molecule has 1 aliphatic heterocycles. The molecule has 1 aliphatic carbocycles. The minimum absolute atomic E-state index is 0.139. The smallest absolute Gasteiger partial charge is 0.410 e. The van der Waals surface area contributed by atoms with Gasteiger partial charge in [-0.05, 0) is 54.7 Å². The molecular formula is C23H26N2O4. The summed E-state index contributed by atoms with van der Waals surface area (Å²) in [5.74, 6) is -0.00442. The van der Waals surface area contributed by atoms with Crippen molar-refractivity contribution < 1.29 is 19.1 Å². The first kappa shape index (κ1) is 20.7. The fraction of sp³-hybridized carbons (Fsp3) is 0.435. The van der Waals surface area contributed by atoms with Gasteiger partial charge in [0.25, 0.3) is 0 Å². The summed E-state index contributed by atoms with van der Waals surface area (Å²) in [7, 11) is 1.33. The van der Waals surface area contributed by atoms with Gasteiger partial charge >= 0.3 is 12.1 Å². The number of fused-ring (bicyclic) bond motifs is 1. The first-order valence-electron chi connectivity index (χ1n) is 9.96. The van der Waals surface area contributed by atoms with Crippen LogP contribution >= 0.6 is 0 Å². The van der Waals surface area contributed by atoms with Gasteiger partial charge in [0.2, 0.25) is 0 Å². The Morgan fingerprint density at radius 1 is 1.31 bits per heavy atom. The number of allylic oxidation sites excluding steroid dienone is 4. The number of carbonyl (C=O) groups is 2. The molecule has 1 fully saturated rings. The van der Waals surface area contributed by atoms with Crippen molar-refractivity contribution in [3.63, 3.8) is 0 Å². The van der Waals surface area contributed by atoms with Gasteiger partial charge < -0.3 is 9.47 Å². The zero-order chi connectivity index (χ0) is 20.8. The molecule has 29 heavy (non-hydrogen) atoms. The first-order chi connectivity index (χ1) is 14.1. The number of hydrogen-bond acceptors (Lipinski definition) is 5. The molecule has 0 N–H and O–H groups in total. The van der Waals surface area contributed by atoms with Crippen molar-refractivity contribution in [1.29, 1.82) is 5.26 Å². The lowest BCUT2D eigenvalue weighted by molar-refractivity contribution is -0.151. The fourth-order valence-electron chi connectivity index (χ4n) is 4.33. The van der Waals surface area contributed by atoms with Gasteiger partial charge in [-0.3, -0.25) is 4.90 Å². The molecule has 3 atom stereocenters. The molecule has 1 aromatic carbocycles. The van der Waals surface area contributed by atoms with Crippen molar-refractivity contribution in [1.82, 2.24) is 4.90 Å². The van der Waals surface area contributed by atoms with Gasteiger partial charge in [0.05, 0.1) is 19.8 Å². The SMILES string of the molecule is CCOC(=O)[C@@H]1C[C@H]2C=C(/C(=C/C#N)c3ccccc3)CC[C@H]2CN1C(=O)OC. The van der Waals surface area contributed by atoms with Crippen LogP contribution in [-0.4, -0.2) is 43.3 Å². The van der Waals surface area contributed by atoms with E-state index in [1.807, 2.05) is 30.3 Å². The summed E-state index contributed by atoms with van der Waals surface area (Å²) in [6, 6.07) is 11.4. The van der Waals surface area contributed by atoms with E-state index in [2.05, 4.69) is 12.1 Å². The first-order valence-corrected chi connectivity index (χ1v) is 9.96. The highest BCUT2D eigenvalue weighted by molar-refractivity contribution is 5.83. The van der Waals surface area contributed by atoms with E-state index in [0.717, 1.165) is 29.6 Å². The van der Waals surface area contributed by atoms with Crippen molar-refractivity contribution in [2.75, 3.05) is 20.3 Å². The van der Waals surface area contributed by atoms with Gasteiger partial charge in [0.15, 0.2) is 0 Å². The Morgan fingerprint density at radius 2 is 2.07 bits per heavy atom. The van der Waals surface area contributed by atoms with Crippen molar-refractivity contribution in [2.24, 2.45) is 11.8 Å². The van der Waals surface area contributed by atoms with E-state index in [1.54, 1.807) is 13.0 Å². The molecule has 152 valence electrons. The number of amides is 1. The standard InChI is InChI=1S/C23H26N2O4/c1-3-29-22(26)21-14-19-13-17(9-10-18(19)15-25(21)23(27)28-2)20(11-12-24)16-7-5-4-6-8-16/h4-8,11,13,18-19,21H,3,9-10,14-15H2,1-2H3/b20-11+/t18-,19+,21-/m0/s1. The van der Waals surface area contributed by atoms with Crippen LogP contribution in [0.4, 0.5) is 4.79 Å². The number of esters is 1. The normalized spacial score (nSPS) is 24.0. The van der Waals surface area contributed by atoms with E-state index in [1.165, 1.54) is 12.0 Å². The van der Waals surface area contributed by atoms with Crippen LogP contribution in [0.5, 0.6) is 0 Å². The van der Waals surface area contributed by atoms with Gasteiger partial charge in [-0.2, -0.15) is 5.26 Å². The Kier molecular flexibility index (Phi) is 6.71. The van der Waals surface area contributed by atoms with Gasteiger partial charge in [0, 0.05) is 12.6 Å². The summed E-state index contributed by atoms with van der Waals surface area (Å²) < 4.78 is 10.1. The van der Waals surface area contributed by atoms with Gasteiger partial charge in [-0.1, -0.05) is 36.4 Å². The second-order valence-electron chi connectivity index (χ2n) is 7.33. The van der Waals surface area contributed by atoms with E-state index < -0.39 is 18.1 Å². The predicted molar refractivity (Wildman–Crippen MR) is 108 cm³/mol. The van der Waals surface area contributed by atoms with Crippen LogP contribution in [0.25, 0.3) is 5.57 Å². The van der Waals surface area contributed by atoms with Crippen LogP contribution in [0.15, 0.2) is 48.1 Å². The highest BCUT2D eigenvalue weighted by Gasteiger charge is 2.43. The molecule has 6 nitrogen and oxygen atoms in total. The van der Waals surface area contributed by atoms with Crippen molar-refractivity contribution >= 4 is 17.6 Å². The minimum atomic E-state index is -0.653. The van der Waals surface area contributed by atoms with Gasteiger partial charge in [-0.15, -0.1) is 0 Å². The minimum Gasteiger partial charge on any atom is -0.464 e. The number of carbonyl (C=O) groups excluding carboxylic acids is 2. The van der Waals surface area contributed by atoms with Crippen molar-refractivity contribution in [3.05, 3.63) is 53.6 Å². The number of benzene rings is 1. The van der Waals surface area contributed by atoms with Crippen LogP contribution in [-0.2, 0) is 14.3 Å². The topological polar surface area (TPSA) is 79.6 Å². The molecule has 0 saturated carbocycles. The largest absolute Gasteiger partial charge is 0.464 e. The molecule has 2 aliphatic rings. The maximum atomic E-state index is 12.5. The number of piperidine rings is 1. The summed E-state index contributed by atoms with van der Waals surface area (Å²) in [4.78, 5) is 26.2. The molecule has 3 rings (SSSR count). The number of nitrogens with zero attached hydrogens (tertiary/aromatic N) is 2. The molecule has 0 unspecified atom stereocenters. The third-order valence-electron chi connectivity index (χ3n) is 5.72. The van der Waals surface area contributed by atoms with Gasteiger partial charge in [0.1, 0.15) is 6.04 Å². The van der Waals surface area contributed by atoms with E-state index in [4.69, 9.17) is 9.47 Å². The number of rotatable bonds is 4. The van der Waals surface area contributed by atoms with Crippen LogP contribution in [0, 0.1) is 23.2 Å². The molecule has 0 radical (unpaired) electrons. The quantitative estimate of drug-likeness (QED) is 0.571. The number of methoxy groups -OCH3 is 1. The fourth-order valence-corrected chi connectivity index (χ4v) is 4.33. The van der Waals surface area contributed by atoms with Gasteiger partial charge in [-0.25, -0.2) is 9.59 Å². The van der Waals surface area contributed by atoms with Crippen LogP contribution < -0.4 is 0 Å². The molecule has 0 spiro atoms. The summed E-state index contributed by atoms with van der Waals surface area (Å²) in [6.07, 6.45) is 5.48. The molecule has 1 saturated heterocycles. The van der Waals surface area contributed by atoms with Crippen LogP contribution in [0.2, 0.25) is 0 Å². The average Bonchev–Trinajstić information content (AvgIpc) is 2.76. The second-order valence-corrected chi connectivity index (χ2v) is 7.33. The highest BCUT2D eigenvalue weighted by Crippen LogP contribution is 2.41. The number of nitriles is 1. The summed E-state index contributed by atoms with van der Waals surface area (Å²) in [5.41, 5.74) is 3.05. The van der Waals surface area contributed by atoms with Crippen molar-refractivity contribution in [3.8, 4) is 6.07 Å². The summed E-state index contributed by atoms with van der Waals surface area (Å²) in [6.45, 7) is 2.49. The third kappa shape index (κ3) is 4.51. The van der Waals surface area contributed by atoms with E-state index in [0.29, 0.717) is 13.0 Å². The molecule has 0 aromatic heterocycles. The maximum Gasteiger partial charge on any atom is 0.410 e. The zero-order valence-corrected chi connectivity index (χ0v) is 16.8. The monoisotopic (exact) mass is 394 g/mol. The molecule has 1 aromatic rings. The maximum absolute atomic E-state index is 12.5. The van der Waals surface area contributed by atoms with E-state index in [-0.39, 0.29) is 18.4 Å². The molecule has 1 amide bonds. The Labute approximate surface area is 171 Å². The lowest BCUT2D eigenvalue weighted by Gasteiger charge is -2.43. The van der Waals surface area contributed by atoms with E-state index >= 15 is 0 Å². The van der Waals surface area contributed by atoms with E-state index in [9.17, 15) is 14.9 Å². The van der Waals surface area contributed by atoms with Crippen molar-refractivity contribution in [2.45, 2.75) is 32.2 Å².